The van der Waals surface area contributed by atoms with Gasteiger partial charge in [0, 0.05) is 29.0 Å². The molecule has 3 heterocycles. The summed E-state index contributed by atoms with van der Waals surface area (Å²) in [4.78, 5) is 13.6. The molecule has 1 aromatic heterocycles. The molecule has 5 heteroatoms. The number of carboxylic acid groups (broad SMARTS) is 1. The van der Waals surface area contributed by atoms with Crippen LogP contribution in [0.15, 0.2) is 17.2 Å². The third-order valence-electron chi connectivity index (χ3n) is 3.01. The van der Waals surface area contributed by atoms with E-state index in [1.807, 2.05) is 5.38 Å². The van der Waals surface area contributed by atoms with E-state index in [9.17, 15) is 4.79 Å². The lowest BCUT2D eigenvalue weighted by Crippen LogP contribution is -2.36. The van der Waals surface area contributed by atoms with Gasteiger partial charge in [-0.05, 0) is 11.4 Å². The van der Waals surface area contributed by atoms with Crippen LogP contribution in [0.4, 0.5) is 4.79 Å². The lowest BCUT2D eigenvalue weighted by molar-refractivity contribution is 0.134. The number of thiophene rings is 1. The smallest absolute Gasteiger partial charge is 0.407 e. The highest BCUT2D eigenvalue weighted by Gasteiger charge is 2.28. The van der Waals surface area contributed by atoms with Gasteiger partial charge < -0.3 is 14.7 Å². The van der Waals surface area contributed by atoms with Crippen molar-refractivity contribution in [1.29, 1.82) is 0 Å². The fourth-order valence-electron chi connectivity index (χ4n) is 2.18. The summed E-state index contributed by atoms with van der Waals surface area (Å²) in [6.45, 7) is 1.63. The lowest BCUT2D eigenvalue weighted by Gasteiger charge is -2.31. The van der Waals surface area contributed by atoms with E-state index in [1.165, 1.54) is 15.3 Å². The molecule has 3 rings (SSSR count). The fraction of sp³-hybridized carbons (Fsp3) is 0.364. The molecule has 0 atom stereocenters. The summed E-state index contributed by atoms with van der Waals surface area (Å²) in [5, 5.41) is 11.0. The van der Waals surface area contributed by atoms with E-state index < -0.39 is 6.09 Å². The van der Waals surface area contributed by atoms with Gasteiger partial charge in [0.25, 0.3) is 0 Å². The summed E-state index contributed by atoms with van der Waals surface area (Å²) in [5.41, 5.74) is 2.23. The predicted octanol–water partition coefficient (Wildman–Crippen LogP) is 2.37. The standard InChI is InChI=1S/C11H11NO3S/c13-11(14)12-3-1-9-8(5-12)7-2-4-16-10(7)6-15-9/h2,4H,1,3,5-6H2,(H,13,14). The lowest BCUT2D eigenvalue weighted by atomic mass is 9.98. The van der Waals surface area contributed by atoms with Gasteiger partial charge in [-0.1, -0.05) is 0 Å². The minimum absolute atomic E-state index is 0.453. The fourth-order valence-corrected chi connectivity index (χ4v) is 2.99. The maximum absolute atomic E-state index is 10.9. The van der Waals surface area contributed by atoms with Crippen LogP contribution >= 0.6 is 11.3 Å². The molecule has 0 unspecified atom stereocenters. The Labute approximate surface area is 96.8 Å². The van der Waals surface area contributed by atoms with Gasteiger partial charge in [-0.15, -0.1) is 11.3 Å². The summed E-state index contributed by atoms with van der Waals surface area (Å²) < 4.78 is 5.67. The highest BCUT2D eigenvalue weighted by Crippen LogP contribution is 2.36. The van der Waals surface area contributed by atoms with Crippen molar-refractivity contribution < 1.29 is 14.6 Å². The summed E-state index contributed by atoms with van der Waals surface area (Å²) in [7, 11) is 0. The SMILES string of the molecule is O=C(O)N1CCC2=C(C1)c1ccsc1CO2. The predicted molar refractivity (Wildman–Crippen MR) is 60.2 cm³/mol. The van der Waals surface area contributed by atoms with Crippen molar-refractivity contribution in [3.05, 3.63) is 27.6 Å². The van der Waals surface area contributed by atoms with Gasteiger partial charge in [0.05, 0.1) is 6.54 Å². The second kappa shape index (κ2) is 3.52. The summed E-state index contributed by atoms with van der Waals surface area (Å²) in [6.07, 6.45) is -0.161. The van der Waals surface area contributed by atoms with Crippen LogP contribution in [-0.4, -0.2) is 29.2 Å². The zero-order valence-corrected chi connectivity index (χ0v) is 9.42. The molecule has 0 saturated carbocycles. The molecule has 0 aromatic carbocycles. The number of carbonyl (C=O) groups is 1. The van der Waals surface area contributed by atoms with Crippen LogP contribution in [0.25, 0.3) is 5.57 Å². The zero-order chi connectivity index (χ0) is 11.1. The van der Waals surface area contributed by atoms with Gasteiger partial charge in [-0.25, -0.2) is 4.79 Å². The molecule has 2 aliphatic heterocycles. The quantitative estimate of drug-likeness (QED) is 0.753. The largest absolute Gasteiger partial charge is 0.492 e. The van der Waals surface area contributed by atoms with Crippen LogP contribution in [0.5, 0.6) is 0 Å². The Morgan fingerprint density at radius 2 is 2.44 bits per heavy atom. The third kappa shape index (κ3) is 1.39. The average molecular weight is 237 g/mol. The van der Waals surface area contributed by atoms with Crippen molar-refractivity contribution >= 4 is 23.0 Å². The topological polar surface area (TPSA) is 49.8 Å². The van der Waals surface area contributed by atoms with E-state index in [-0.39, 0.29) is 0 Å². The molecule has 1 aromatic rings. The van der Waals surface area contributed by atoms with E-state index in [0.29, 0.717) is 26.1 Å². The first-order valence-corrected chi connectivity index (χ1v) is 6.03. The summed E-state index contributed by atoms with van der Waals surface area (Å²) in [5.74, 6) is 0.975. The average Bonchev–Trinajstić information content (AvgIpc) is 2.76. The summed E-state index contributed by atoms with van der Waals surface area (Å²) in [6, 6.07) is 2.06. The molecular formula is C11H11NO3S. The Bertz CT molecular complexity index is 477. The maximum Gasteiger partial charge on any atom is 0.407 e. The number of hydrogen-bond acceptors (Lipinski definition) is 3. The minimum atomic E-state index is -0.853. The summed E-state index contributed by atoms with van der Waals surface area (Å²) >= 11 is 1.67. The second-order valence-corrected chi connectivity index (χ2v) is 4.90. The monoisotopic (exact) mass is 237 g/mol. The Balaban J connectivity index is 1.98. The van der Waals surface area contributed by atoms with Gasteiger partial charge >= 0.3 is 6.09 Å². The van der Waals surface area contributed by atoms with Gasteiger partial charge in [0.2, 0.25) is 0 Å². The molecule has 2 aliphatic rings. The first-order chi connectivity index (χ1) is 7.75. The Morgan fingerprint density at radius 1 is 1.56 bits per heavy atom. The molecule has 0 bridgehead atoms. The van der Waals surface area contributed by atoms with Gasteiger partial charge in [-0.2, -0.15) is 0 Å². The van der Waals surface area contributed by atoms with E-state index in [1.54, 1.807) is 11.3 Å². The van der Waals surface area contributed by atoms with Gasteiger partial charge in [0.1, 0.15) is 12.4 Å². The molecule has 1 amide bonds. The Morgan fingerprint density at radius 3 is 3.25 bits per heavy atom. The van der Waals surface area contributed by atoms with E-state index in [0.717, 1.165) is 11.3 Å². The van der Waals surface area contributed by atoms with Gasteiger partial charge in [-0.3, -0.25) is 0 Å². The number of fused-ring (bicyclic) bond motifs is 2. The molecule has 0 saturated heterocycles. The van der Waals surface area contributed by atoms with E-state index >= 15 is 0 Å². The van der Waals surface area contributed by atoms with Crippen molar-refractivity contribution in [1.82, 2.24) is 4.90 Å². The van der Waals surface area contributed by atoms with Crippen molar-refractivity contribution in [2.75, 3.05) is 13.1 Å². The van der Waals surface area contributed by atoms with Crippen molar-refractivity contribution in [2.45, 2.75) is 13.0 Å². The normalized spacial score (nSPS) is 18.9. The van der Waals surface area contributed by atoms with Gasteiger partial charge in [0.15, 0.2) is 0 Å². The maximum atomic E-state index is 10.9. The molecule has 16 heavy (non-hydrogen) atoms. The van der Waals surface area contributed by atoms with Crippen LogP contribution in [0.1, 0.15) is 16.9 Å². The van der Waals surface area contributed by atoms with E-state index in [4.69, 9.17) is 9.84 Å². The Kier molecular flexibility index (Phi) is 2.14. The Hall–Kier alpha value is -1.49. The van der Waals surface area contributed by atoms with Crippen LogP contribution in [0.2, 0.25) is 0 Å². The minimum Gasteiger partial charge on any atom is -0.492 e. The molecule has 1 N–H and O–H groups in total. The molecular weight excluding hydrogens is 226 g/mol. The molecule has 84 valence electrons. The third-order valence-corrected chi connectivity index (χ3v) is 3.91. The van der Waals surface area contributed by atoms with Crippen molar-refractivity contribution in [3.8, 4) is 0 Å². The first-order valence-electron chi connectivity index (χ1n) is 5.15. The van der Waals surface area contributed by atoms with Crippen LogP contribution in [0.3, 0.4) is 0 Å². The number of hydrogen-bond donors (Lipinski definition) is 1. The molecule has 0 radical (unpaired) electrons. The van der Waals surface area contributed by atoms with Crippen LogP contribution in [0, 0.1) is 0 Å². The number of nitrogens with zero attached hydrogens (tertiary/aromatic N) is 1. The number of amides is 1. The van der Waals surface area contributed by atoms with E-state index in [2.05, 4.69) is 6.07 Å². The second-order valence-electron chi connectivity index (χ2n) is 3.90. The van der Waals surface area contributed by atoms with Crippen LogP contribution in [-0.2, 0) is 11.3 Å². The first kappa shape index (κ1) is 9.72. The number of ether oxygens (including phenoxy) is 1. The zero-order valence-electron chi connectivity index (χ0n) is 8.60. The van der Waals surface area contributed by atoms with Crippen molar-refractivity contribution in [2.24, 2.45) is 0 Å². The molecule has 0 spiro atoms. The molecule has 0 aliphatic carbocycles. The highest BCUT2D eigenvalue weighted by molar-refractivity contribution is 7.10. The van der Waals surface area contributed by atoms with Crippen LogP contribution < -0.4 is 0 Å². The highest BCUT2D eigenvalue weighted by atomic mass is 32.1. The molecule has 4 nitrogen and oxygen atoms in total. The number of rotatable bonds is 0. The van der Waals surface area contributed by atoms with Crippen molar-refractivity contribution in [3.63, 3.8) is 0 Å². The molecule has 0 fully saturated rings.